The number of aliphatic hydroxyl groups is 1. The van der Waals surface area contributed by atoms with Gasteiger partial charge in [-0.3, -0.25) is 0 Å². The summed E-state index contributed by atoms with van der Waals surface area (Å²) in [4.78, 5) is 0. The molecule has 2 heteroatoms. The van der Waals surface area contributed by atoms with Crippen LogP contribution in [0.3, 0.4) is 0 Å². The fraction of sp³-hybridized carbons (Fsp3) is 1.00. The number of hydrogen-bond acceptors (Lipinski definition) is 2. The molecule has 2 N–H and O–H groups in total. The number of rotatable bonds is 3. The molecule has 0 aliphatic heterocycles. The highest BCUT2D eigenvalue weighted by Gasteiger charge is 2.26. The van der Waals surface area contributed by atoms with E-state index in [2.05, 4.69) is 12.2 Å². The summed E-state index contributed by atoms with van der Waals surface area (Å²) in [5.74, 6) is 0.846. The molecule has 2 unspecified atom stereocenters. The Bertz CT molecular complexity index is 213. The molecular formula is C15H29NO. The Labute approximate surface area is 106 Å². The molecule has 0 spiro atoms. The molecule has 2 nitrogen and oxygen atoms in total. The van der Waals surface area contributed by atoms with Crippen LogP contribution in [-0.4, -0.2) is 23.3 Å². The first-order valence-electron chi connectivity index (χ1n) is 7.71. The van der Waals surface area contributed by atoms with Gasteiger partial charge in [0.25, 0.3) is 0 Å². The first kappa shape index (κ1) is 13.4. The van der Waals surface area contributed by atoms with E-state index in [1.807, 2.05) is 0 Å². The fourth-order valence-corrected chi connectivity index (χ4v) is 3.59. The molecule has 0 aromatic rings. The van der Waals surface area contributed by atoms with Crippen LogP contribution in [0.25, 0.3) is 0 Å². The van der Waals surface area contributed by atoms with Crippen LogP contribution in [0.4, 0.5) is 0 Å². The minimum absolute atomic E-state index is 0.108. The number of nitrogens with one attached hydrogen (secondary N) is 1. The van der Waals surface area contributed by atoms with Crippen molar-refractivity contribution in [1.29, 1.82) is 0 Å². The van der Waals surface area contributed by atoms with E-state index in [-0.39, 0.29) is 6.10 Å². The summed E-state index contributed by atoms with van der Waals surface area (Å²) < 4.78 is 0. The Kier molecular flexibility index (Phi) is 5.30. The lowest BCUT2D eigenvalue weighted by Gasteiger charge is -2.33. The van der Waals surface area contributed by atoms with Crippen LogP contribution in [0.2, 0.25) is 0 Å². The fourth-order valence-electron chi connectivity index (χ4n) is 3.59. The summed E-state index contributed by atoms with van der Waals surface area (Å²) in [5, 5.41) is 13.9. The standard InChI is InChI=1S/C15H29NO/c1-12(13-8-4-2-5-9-13)16-14-10-6-3-7-11-15(14)17/h12-17H,2-11H2,1H3/t12-,14?,15?/m0/s1. The SMILES string of the molecule is C[C@H](NC1CCCCCC1O)C1CCCCC1. The molecule has 0 saturated heterocycles. The topological polar surface area (TPSA) is 32.3 Å². The molecule has 2 aliphatic carbocycles. The largest absolute Gasteiger partial charge is 0.392 e. The van der Waals surface area contributed by atoms with Crippen molar-refractivity contribution in [2.24, 2.45) is 5.92 Å². The second kappa shape index (κ2) is 6.75. The smallest absolute Gasteiger partial charge is 0.0693 e. The zero-order chi connectivity index (χ0) is 12.1. The van der Waals surface area contributed by atoms with E-state index in [4.69, 9.17) is 0 Å². The van der Waals surface area contributed by atoms with Gasteiger partial charge in [-0.2, -0.15) is 0 Å². The van der Waals surface area contributed by atoms with Crippen LogP contribution < -0.4 is 5.32 Å². The first-order chi connectivity index (χ1) is 8.27. The molecule has 2 rings (SSSR count). The van der Waals surface area contributed by atoms with E-state index in [0.29, 0.717) is 12.1 Å². The maximum Gasteiger partial charge on any atom is 0.0693 e. The number of aliphatic hydroxyl groups excluding tert-OH is 1. The zero-order valence-corrected chi connectivity index (χ0v) is 11.3. The molecule has 0 heterocycles. The molecular weight excluding hydrogens is 210 g/mol. The van der Waals surface area contributed by atoms with Gasteiger partial charge in [0, 0.05) is 12.1 Å². The van der Waals surface area contributed by atoms with E-state index in [1.54, 1.807) is 0 Å². The highest BCUT2D eigenvalue weighted by Crippen LogP contribution is 2.27. The van der Waals surface area contributed by atoms with E-state index < -0.39 is 0 Å². The molecule has 2 fully saturated rings. The van der Waals surface area contributed by atoms with Gasteiger partial charge < -0.3 is 10.4 Å². The summed E-state index contributed by atoms with van der Waals surface area (Å²) >= 11 is 0. The summed E-state index contributed by atoms with van der Waals surface area (Å²) in [6.07, 6.45) is 12.9. The third-order valence-electron chi connectivity index (χ3n) is 4.81. The molecule has 100 valence electrons. The lowest BCUT2D eigenvalue weighted by atomic mass is 9.84. The van der Waals surface area contributed by atoms with E-state index in [9.17, 15) is 5.11 Å². The highest BCUT2D eigenvalue weighted by molar-refractivity contribution is 4.84. The van der Waals surface area contributed by atoms with Gasteiger partial charge in [0.1, 0.15) is 0 Å². The Morgan fingerprint density at radius 3 is 2.18 bits per heavy atom. The highest BCUT2D eigenvalue weighted by atomic mass is 16.3. The lowest BCUT2D eigenvalue weighted by Crippen LogP contribution is -2.47. The molecule has 3 atom stereocenters. The van der Waals surface area contributed by atoms with Gasteiger partial charge in [-0.05, 0) is 38.5 Å². The summed E-state index contributed by atoms with van der Waals surface area (Å²) in [7, 11) is 0. The molecule has 0 aromatic heterocycles. The predicted molar refractivity (Wildman–Crippen MR) is 72.1 cm³/mol. The summed E-state index contributed by atoms with van der Waals surface area (Å²) in [6, 6.07) is 0.947. The molecule has 0 bridgehead atoms. The maximum atomic E-state index is 10.1. The minimum atomic E-state index is -0.108. The van der Waals surface area contributed by atoms with Gasteiger partial charge in [0.15, 0.2) is 0 Å². The van der Waals surface area contributed by atoms with Crippen molar-refractivity contribution < 1.29 is 5.11 Å². The van der Waals surface area contributed by atoms with Gasteiger partial charge in [0.2, 0.25) is 0 Å². The van der Waals surface area contributed by atoms with Gasteiger partial charge in [-0.15, -0.1) is 0 Å². The van der Waals surface area contributed by atoms with Gasteiger partial charge in [-0.25, -0.2) is 0 Å². The van der Waals surface area contributed by atoms with Crippen LogP contribution in [0.1, 0.15) is 71.1 Å². The van der Waals surface area contributed by atoms with Gasteiger partial charge in [-0.1, -0.05) is 38.5 Å². The van der Waals surface area contributed by atoms with E-state index in [0.717, 1.165) is 18.8 Å². The van der Waals surface area contributed by atoms with Crippen molar-refractivity contribution >= 4 is 0 Å². The quantitative estimate of drug-likeness (QED) is 0.741. The Morgan fingerprint density at radius 1 is 0.882 bits per heavy atom. The van der Waals surface area contributed by atoms with Crippen LogP contribution >= 0.6 is 0 Å². The van der Waals surface area contributed by atoms with Crippen LogP contribution in [0.5, 0.6) is 0 Å². The molecule has 0 amide bonds. The van der Waals surface area contributed by atoms with Crippen molar-refractivity contribution in [2.75, 3.05) is 0 Å². The normalized spacial score (nSPS) is 34.2. The van der Waals surface area contributed by atoms with Crippen molar-refractivity contribution in [3.8, 4) is 0 Å². The zero-order valence-electron chi connectivity index (χ0n) is 11.3. The Morgan fingerprint density at radius 2 is 1.47 bits per heavy atom. The van der Waals surface area contributed by atoms with Crippen molar-refractivity contribution in [3.05, 3.63) is 0 Å². The summed E-state index contributed by atoms with van der Waals surface area (Å²) in [6.45, 7) is 2.33. The lowest BCUT2D eigenvalue weighted by molar-refractivity contribution is 0.106. The monoisotopic (exact) mass is 239 g/mol. The third-order valence-corrected chi connectivity index (χ3v) is 4.81. The Balaban J connectivity index is 1.80. The molecule has 0 radical (unpaired) electrons. The van der Waals surface area contributed by atoms with E-state index in [1.165, 1.54) is 51.4 Å². The second-order valence-electron chi connectivity index (χ2n) is 6.17. The van der Waals surface area contributed by atoms with Gasteiger partial charge in [0.05, 0.1) is 6.10 Å². The van der Waals surface area contributed by atoms with Crippen molar-refractivity contribution in [3.63, 3.8) is 0 Å². The maximum absolute atomic E-state index is 10.1. The van der Waals surface area contributed by atoms with E-state index >= 15 is 0 Å². The van der Waals surface area contributed by atoms with Crippen molar-refractivity contribution in [2.45, 2.75) is 89.3 Å². The predicted octanol–water partition coefficient (Wildman–Crippen LogP) is 3.24. The minimum Gasteiger partial charge on any atom is -0.392 e. The van der Waals surface area contributed by atoms with Crippen LogP contribution in [0, 0.1) is 5.92 Å². The summed E-state index contributed by atoms with van der Waals surface area (Å²) in [5.41, 5.74) is 0. The second-order valence-corrected chi connectivity index (χ2v) is 6.17. The Hall–Kier alpha value is -0.0800. The van der Waals surface area contributed by atoms with Crippen LogP contribution in [-0.2, 0) is 0 Å². The average molecular weight is 239 g/mol. The average Bonchev–Trinajstić information content (AvgIpc) is 2.56. The molecule has 2 aliphatic rings. The molecule has 17 heavy (non-hydrogen) atoms. The van der Waals surface area contributed by atoms with Crippen molar-refractivity contribution in [1.82, 2.24) is 5.32 Å². The molecule has 0 aromatic carbocycles. The molecule has 2 saturated carbocycles. The third kappa shape index (κ3) is 3.96. The number of hydrogen-bond donors (Lipinski definition) is 2. The van der Waals surface area contributed by atoms with Crippen LogP contribution in [0.15, 0.2) is 0 Å². The van der Waals surface area contributed by atoms with Gasteiger partial charge >= 0.3 is 0 Å². The first-order valence-corrected chi connectivity index (χ1v) is 7.71.